The van der Waals surface area contributed by atoms with Crippen LogP contribution in [0.15, 0.2) is 24.3 Å². The number of para-hydroxylation sites is 1. The average molecular weight is 337 g/mol. The topological polar surface area (TPSA) is 77.9 Å². The zero-order chi connectivity index (χ0) is 16.6. The van der Waals surface area contributed by atoms with Crippen molar-refractivity contribution in [3.05, 3.63) is 29.3 Å². The number of benzene rings is 1. The molecule has 2 aliphatic rings. The molecule has 1 N–H and O–H groups in total. The van der Waals surface area contributed by atoms with Gasteiger partial charge in [0.15, 0.2) is 0 Å². The zero-order valence-electron chi connectivity index (χ0n) is 12.4. The minimum absolute atomic E-state index is 0.0902. The van der Waals surface area contributed by atoms with Gasteiger partial charge in [-0.25, -0.2) is 4.79 Å². The molecule has 0 aromatic heterocycles. The van der Waals surface area contributed by atoms with Crippen LogP contribution in [0.4, 0.5) is 5.69 Å². The van der Waals surface area contributed by atoms with Crippen molar-refractivity contribution >= 4 is 35.1 Å². The van der Waals surface area contributed by atoms with Crippen molar-refractivity contribution in [1.82, 2.24) is 4.90 Å². The highest BCUT2D eigenvalue weighted by Gasteiger charge is 2.42. The summed E-state index contributed by atoms with van der Waals surface area (Å²) in [6.07, 6.45) is 1.24. The average Bonchev–Trinajstić information content (AvgIpc) is 3.14. The molecule has 1 aromatic rings. The first-order valence-corrected chi connectivity index (χ1v) is 7.95. The quantitative estimate of drug-likeness (QED) is 0.912. The van der Waals surface area contributed by atoms with E-state index in [1.54, 1.807) is 24.3 Å². The first-order chi connectivity index (χ1) is 11.0. The second-order valence-electron chi connectivity index (χ2n) is 5.88. The lowest BCUT2D eigenvalue weighted by atomic mass is 10.1. The van der Waals surface area contributed by atoms with Crippen LogP contribution in [0.3, 0.4) is 0 Å². The van der Waals surface area contributed by atoms with Crippen LogP contribution in [0.25, 0.3) is 0 Å². The van der Waals surface area contributed by atoms with Gasteiger partial charge >= 0.3 is 5.97 Å². The molecule has 2 amide bonds. The molecule has 0 radical (unpaired) electrons. The number of anilines is 1. The van der Waals surface area contributed by atoms with Gasteiger partial charge in [-0.1, -0.05) is 23.7 Å². The lowest BCUT2D eigenvalue weighted by molar-refractivity contribution is -0.149. The summed E-state index contributed by atoms with van der Waals surface area (Å²) in [7, 11) is 0. The van der Waals surface area contributed by atoms with Crippen LogP contribution in [0.1, 0.15) is 19.3 Å². The number of hydrogen-bond donors (Lipinski definition) is 1. The number of carbonyl (C=O) groups excluding carboxylic acids is 2. The molecule has 1 aromatic carbocycles. The van der Waals surface area contributed by atoms with Crippen molar-refractivity contribution in [2.75, 3.05) is 18.0 Å². The highest BCUT2D eigenvalue weighted by atomic mass is 35.5. The fourth-order valence-corrected chi connectivity index (χ4v) is 3.54. The Bertz CT molecular complexity index is 663. The van der Waals surface area contributed by atoms with E-state index in [1.807, 2.05) is 0 Å². The molecule has 0 spiro atoms. The number of rotatable bonds is 3. The van der Waals surface area contributed by atoms with Crippen LogP contribution in [0, 0.1) is 5.92 Å². The SMILES string of the molecule is O=C(O)C1CCCN1C(=O)C1CC(=O)N(c2ccccc2Cl)C1. The zero-order valence-corrected chi connectivity index (χ0v) is 13.2. The van der Waals surface area contributed by atoms with Gasteiger partial charge in [0.1, 0.15) is 6.04 Å². The maximum atomic E-state index is 12.6. The van der Waals surface area contributed by atoms with Crippen LogP contribution < -0.4 is 4.90 Å². The normalized spacial score (nSPS) is 24.3. The lowest BCUT2D eigenvalue weighted by Crippen LogP contribution is -2.44. The van der Waals surface area contributed by atoms with Crippen LogP contribution in [0.2, 0.25) is 5.02 Å². The molecule has 7 heteroatoms. The molecule has 2 heterocycles. The standard InChI is InChI=1S/C16H17ClN2O4/c17-11-4-1-2-5-12(11)19-9-10(8-14(19)20)15(21)18-7-3-6-13(18)16(22)23/h1-2,4-5,10,13H,3,6-9H2,(H,22,23). The van der Waals surface area contributed by atoms with Gasteiger partial charge in [-0.05, 0) is 25.0 Å². The van der Waals surface area contributed by atoms with Gasteiger partial charge in [-0.3, -0.25) is 9.59 Å². The second kappa shape index (κ2) is 6.20. The fourth-order valence-electron chi connectivity index (χ4n) is 3.30. The molecule has 2 atom stereocenters. The van der Waals surface area contributed by atoms with Crippen molar-refractivity contribution in [2.24, 2.45) is 5.92 Å². The maximum Gasteiger partial charge on any atom is 0.326 e. The number of nitrogens with zero attached hydrogens (tertiary/aromatic N) is 2. The Kier molecular flexibility index (Phi) is 4.26. The fraction of sp³-hybridized carbons (Fsp3) is 0.438. The van der Waals surface area contributed by atoms with E-state index < -0.39 is 17.9 Å². The Labute approximate surface area is 138 Å². The number of hydrogen-bond acceptors (Lipinski definition) is 3. The van der Waals surface area contributed by atoms with Gasteiger partial charge in [0.2, 0.25) is 11.8 Å². The van der Waals surface area contributed by atoms with Gasteiger partial charge in [0.25, 0.3) is 0 Å². The monoisotopic (exact) mass is 336 g/mol. The summed E-state index contributed by atoms with van der Waals surface area (Å²) >= 11 is 6.12. The Balaban J connectivity index is 1.76. The van der Waals surface area contributed by atoms with E-state index in [4.69, 9.17) is 11.6 Å². The number of carboxylic acids is 1. The molecule has 122 valence electrons. The highest BCUT2D eigenvalue weighted by Crippen LogP contribution is 2.32. The molecule has 2 fully saturated rings. The van der Waals surface area contributed by atoms with Crippen LogP contribution in [0.5, 0.6) is 0 Å². The van der Waals surface area contributed by atoms with Crippen LogP contribution in [-0.4, -0.2) is 46.9 Å². The summed E-state index contributed by atoms with van der Waals surface area (Å²) in [5, 5.41) is 9.66. The first kappa shape index (κ1) is 15.8. The number of halogens is 1. The third-order valence-corrected chi connectivity index (χ3v) is 4.76. The third-order valence-electron chi connectivity index (χ3n) is 4.44. The van der Waals surface area contributed by atoms with E-state index in [9.17, 15) is 19.5 Å². The number of likely N-dealkylation sites (tertiary alicyclic amines) is 1. The Morgan fingerprint density at radius 2 is 2.00 bits per heavy atom. The van der Waals surface area contributed by atoms with Crippen LogP contribution >= 0.6 is 11.6 Å². The molecule has 2 aliphatic heterocycles. The van der Waals surface area contributed by atoms with Crippen molar-refractivity contribution in [3.63, 3.8) is 0 Å². The summed E-state index contributed by atoms with van der Waals surface area (Å²) in [5.74, 6) is -1.91. The van der Waals surface area contributed by atoms with Crippen molar-refractivity contribution in [3.8, 4) is 0 Å². The maximum absolute atomic E-state index is 12.6. The summed E-state index contributed by atoms with van der Waals surface area (Å²) in [6.45, 7) is 0.677. The summed E-state index contributed by atoms with van der Waals surface area (Å²) in [4.78, 5) is 39.0. The van der Waals surface area contributed by atoms with Gasteiger partial charge in [0.05, 0.1) is 16.6 Å². The predicted molar refractivity (Wildman–Crippen MR) is 84.3 cm³/mol. The molecule has 2 saturated heterocycles. The van der Waals surface area contributed by atoms with E-state index in [-0.39, 0.29) is 24.8 Å². The van der Waals surface area contributed by atoms with Crippen molar-refractivity contribution in [1.29, 1.82) is 0 Å². The number of amides is 2. The van der Waals surface area contributed by atoms with Gasteiger partial charge in [-0.2, -0.15) is 0 Å². The van der Waals surface area contributed by atoms with Crippen molar-refractivity contribution < 1.29 is 19.5 Å². The summed E-state index contributed by atoms with van der Waals surface area (Å²) in [6, 6.07) is 6.22. The van der Waals surface area contributed by atoms with E-state index in [1.165, 1.54) is 9.80 Å². The Hall–Kier alpha value is -2.08. The van der Waals surface area contributed by atoms with Gasteiger partial charge in [-0.15, -0.1) is 0 Å². The van der Waals surface area contributed by atoms with E-state index in [0.717, 1.165) is 0 Å². The highest BCUT2D eigenvalue weighted by molar-refractivity contribution is 6.33. The van der Waals surface area contributed by atoms with E-state index in [0.29, 0.717) is 30.1 Å². The minimum Gasteiger partial charge on any atom is -0.480 e. The number of carboxylic acid groups (broad SMARTS) is 1. The second-order valence-corrected chi connectivity index (χ2v) is 6.29. The molecule has 6 nitrogen and oxygen atoms in total. The largest absolute Gasteiger partial charge is 0.480 e. The molecule has 2 unspecified atom stereocenters. The van der Waals surface area contributed by atoms with E-state index in [2.05, 4.69) is 0 Å². The lowest BCUT2D eigenvalue weighted by Gasteiger charge is -2.24. The number of carbonyl (C=O) groups is 3. The molecule has 23 heavy (non-hydrogen) atoms. The summed E-state index contributed by atoms with van der Waals surface area (Å²) in [5.41, 5.74) is 0.589. The molecule has 3 rings (SSSR count). The Morgan fingerprint density at radius 3 is 2.70 bits per heavy atom. The number of aliphatic carboxylic acids is 1. The first-order valence-electron chi connectivity index (χ1n) is 7.57. The summed E-state index contributed by atoms with van der Waals surface area (Å²) < 4.78 is 0. The van der Waals surface area contributed by atoms with Crippen LogP contribution in [-0.2, 0) is 14.4 Å². The molecule has 0 aliphatic carbocycles. The van der Waals surface area contributed by atoms with Gasteiger partial charge in [0, 0.05) is 19.5 Å². The molecule has 0 saturated carbocycles. The third kappa shape index (κ3) is 2.91. The molecular formula is C16H17ClN2O4. The van der Waals surface area contributed by atoms with Gasteiger partial charge < -0.3 is 14.9 Å². The molecule has 0 bridgehead atoms. The van der Waals surface area contributed by atoms with E-state index >= 15 is 0 Å². The smallest absolute Gasteiger partial charge is 0.326 e. The molecular weight excluding hydrogens is 320 g/mol. The predicted octanol–water partition coefficient (Wildman–Crippen LogP) is 1.77. The Morgan fingerprint density at radius 1 is 1.26 bits per heavy atom. The minimum atomic E-state index is -0.983. The van der Waals surface area contributed by atoms with Crippen molar-refractivity contribution in [2.45, 2.75) is 25.3 Å².